The van der Waals surface area contributed by atoms with Crippen molar-refractivity contribution in [1.82, 2.24) is 5.32 Å². The van der Waals surface area contributed by atoms with Gasteiger partial charge in [-0.05, 0) is 49.1 Å². The molecule has 0 aliphatic heterocycles. The number of aryl methyl sites for hydroxylation is 1. The summed E-state index contributed by atoms with van der Waals surface area (Å²) in [6.07, 6.45) is 2.06. The quantitative estimate of drug-likeness (QED) is 0.863. The Labute approximate surface area is 147 Å². The van der Waals surface area contributed by atoms with Crippen molar-refractivity contribution in [3.63, 3.8) is 0 Å². The Bertz CT molecular complexity index is 748. The number of anilines is 1. The molecule has 2 atom stereocenters. The van der Waals surface area contributed by atoms with Crippen LogP contribution >= 0.6 is 11.6 Å². The Morgan fingerprint density at radius 3 is 2.88 bits per heavy atom. The molecule has 2 aromatic rings. The molecule has 4 nitrogen and oxygen atoms in total. The molecule has 0 saturated carbocycles. The van der Waals surface area contributed by atoms with E-state index >= 15 is 0 Å². The minimum atomic E-state index is -0.329. The van der Waals surface area contributed by atoms with E-state index < -0.39 is 0 Å². The highest BCUT2D eigenvalue weighted by Gasteiger charge is 2.25. The highest BCUT2D eigenvalue weighted by atomic mass is 35.5. The molecule has 0 bridgehead atoms. The average Bonchev–Trinajstić information content (AvgIpc) is 2.98. The Hall–Kier alpha value is -2.04. The first-order chi connectivity index (χ1) is 11.6. The lowest BCUT2D eigenvalue weighted by Gasteiger charge is -2.20. The number of amides is 1. The second-order valence-corrected chi connectivity index (χ2v) is 6.45. The van der Waals surface area contributed by atoms with Crippen LogP contribution in [-0.2, 0) is 11.2 Å². The number of hydrogen-bond acceptors (Lipinski definition) is 3. The lowest BCUT2D eigenvalue weighted by atomic mass is 10.1. The molecule has 0 aromatic heterocycles. The third-order valence-corrected chi connectivity index (χ3v) is 4.63. The van der Waals surface area contributed by atoms with Crippen molar-refractivity contribution >= 4 is 23.2 Å². The summed E-state index contributed by atoms with van der Waals surface area (Å²) in [6, 6.07) is 13.4. The number of carbonyl (C=O) groups excluding carboxylic acids is 1. The SMILES string of the molecule is COc1ccc(Cl)cc1NC(=O)[C@@H](C)N[C@H]1CCc2ccccc21. The van der Waals surface area contributed by atoms with Gasteiger partial charge in [0.2, 0.25) is 5.91 Å². The maximum absolute atomic E-state index is 12.5. The molecule has 2 N–H and O–H groups in total. The van der Waals surface area contributed by atoms with Crippen LogP contribution in [0.4, 0.5) is 5.69 Å². The number of methoxy groups -OCH3 is 1. The molecular formula is C19H21ClN2O2. The fraction of sp³-hybridized carbons (Fsp3) is 0.316. The molecule has 0 unspecified atom stereocenters. The third-order valence-electron chi connectivity index (χ3n) is 4.40. The highest BCUT2D eigenvalue weighted by molar-refractivity contribution is 6.31. The van der Waals surface area contributed by atoms with Crippen LogP contribution in [0.2, 0.25) is 5.02 Å². The van der Waals surface area contributed by atoms with Gasteiger partial charge in [0.25, 0.3) is 0 Å². The molecule has 1 amide bonds. The van der Waals surface area contributed by atoms with Crippen LogP contribution in [0.5, 0.6) is 5.75 Å². The largest absolute Gasteiger partial charge is 0.495 e. The van der Waals surface area contributed by atoms with E-state index in [2.05, 4.69) is 28.8 Å². The normalized spacial score (nSPS) is 17.2. The van der Waals surface area contributed by atoms with Crippen molar-refractivity contribution in [2.45, 2.75) is 31.8 Å². The van der Waals surface area contributed by atoms with E-state index in [1.807, 2.05) is 13.0 Å². The van der Waals surface area contributed by atoms with Gasteiger partial charge in [-0.3, -0.25) is 10.1 Å². The zero-order chi connectivity index (χ0) is 17.1. The van der Waals surface area contributed by atoms with E-state index in [9.17, 15) is 4.79 Å². The fourth-order valence-electron chi connectivity index (χ4n) is 3.13. The molecule has 0 fully saturated rings. The van der Waals surface area contributed by atoms with Crippen molar-refractivity contribution in [3.05, 3.63) is 58.6 Å². The number of carbonyl (C=O) groups is 1. The number of ether oxygens (including phenoxy) is 1. The minimum absolute atomic E-state index is 0.111. The number of benzene rings is 2. The lowest BCUT2D eigenvalue weighted by Crippen LogP contribution is -2.39. The molecule has 2 aromatic carbocycles. The van der Waals surface area contributed by atoms with Gasteiger partial charge in [0.15, 0.2) is 0 Å². The smallest absolute Gasteiger partial charge is 0.241 e. The van der Waals surface area contributed by atoms with Gasteiger partial charge in [-0.15, -0.1) is 0 Å². The average molecular weight is 345 g/mol. The first-order valence-electron chi connectivity index (χ1n) is 8.06. The molecule has 126 valence electrons. The molecule has 5 heteroatoms. The first-order valence-corrected chi connectivity index (χ1v) is 8.44. The highest BCUT2D eigenvalue weighted by Crippen LogP contribution is 2.31. The monoisotopic (exact) mass is 344 g/mol. The molecule has 0 heterocycles. The van der Waals surface area contributed by atoms with Crippen LogP contribution in [0.15, 0.2) is 42.5 Å². The van der Waals surface area contributed by atoms with Gasteiger partial charge in [0.05, 0.1) is 18.8 Å². The Balaban J connectivity index is 1.67. The number of halogens is 1. The predicted molar refractivity (Wildman–Crippen MR) is 96.7 cm³/mol. The van der Waals surface area contributed by atoms with E-state index in [4.69, 9.17) is 16.3 Å². The van der Waals surface area contributed by atoms with Gasteiger partial charge in [-0.1, -0.05) is 35.9 Å². The van der Waals surface area contributed by atoms with Gasteiger partial charge < -0.3 is 10.1 Å². The van der Waals surface area contributed by atoms with Crippen LogP contribution in [0.25, 0.3) is 0 Å². The number of rotatable bonds is 5. The van der Waals surface area contributed by atoms with Crippen LogP contribution in [0.1, 0.15) is 30.5 Å². The van der Waals surface area contributed by atoms with Crippen LogP contribution < -0.4 is 15.4 Å². The van der Waals surface area contributed by atoms with Crippen molar-refractivity contribution in [2.24, 2.45) is 0 Å². The Morgan fingerprint density at radius 2 is 2.08 bits per heavy atom. The van der Waals surface area contributed by atoms with Gasteiger partial charge in [-0.25, -0.2) is 0 Å². The predicted octanol–water partition coefficient (Wildman–Crippen LogP) is 3.95. The summed E-state index contributed by atoms with van der Waals surface area (Å²) in [6.45, 7) is 1.87. The summed E-state index contributed by atoms with van der Waals surface area (Å²) >= 11 is 6.01. The molecule has 0 saturated heterocycles. The second kappa shape index (κ2) is 7.24. The standard InChI is InChI=1S/C19H21ClN2O2/c1-12(21-16-9-7-13-5-3-4-6-15(13)16)19(23)22-17-11-14(20)8-10-18(17)24-2/h3-6,8,10-12,16,21H,7,9H2,1-2H3,(H,22,23)/t12-,16+/m1/s1. The fourth-order valence-corrected chi connectivity index (χ4v) is 3.30. The summed E-state index contributed by atoms with van der Waals surface area (Å²) < 4.78 is 5.27. The first kappa shape index (κ1) is 16.8. The van der Waals surface area contributed by atoms with E-state index in [-0.39, 0.29) is 18.0 Å². The molecular weight excluding hydrogens is 324 g/mol. The summed E-state index contributed by atoms with van der Waals surface area (Å²) in [5.74, 6) is 0.478. The summed E-state index contributed by atoms with van der Waals surface area (Å²) in [5.41, 5.74) is 3.23. The summed E-state index contributed by atoms with van der Waals surface area (Å²) in [5, 5.41) is 6.86. The van der Waals surface area contributed by atoms with Crippen molar-refractivity contribution in [1.29, 1.82) is 0 Å². The van der Waals surface area contributed by atoms with Gasteiger partial charge >= 0.3 is 0 Å². The van der Waals surface area contributed by atoms with Gasteiger partial charge in [-0.2, -0.15) is 0 Å². The number of hydrogen-bond donors (Lipinski definition) is 2. The summed E-state index contributed by atoms with van der Waals surface area (Å²) in [7, 11) is 1.57. The summed E-state index contributed by atoms with van der Waals surface area (Å²) in [4.78, 5) is 12.5. The van der Waals surface area contributed by atoms with Crippen LogP contribution in [-0.4, -0.2) is 19.1 Å². The van der Waals surface area contributed by atoms with Gasteiger partial charge in [0, 0.05) is 11.1 Å². The molecule has 1 aliphatic rings. The van der Waals surface area contributed by atoms with E-state index in [0.29, 0.717) is 16.5 Å². The molecule has 0 spiro atoms. The molecule has 3 rings (SSSR count). The maximum atomic E-state index is 12.5. The Morgan fingerprint density at radius 1 is 1.29 bits per heavy atom. The van der Waals surface area contributed by atoms with Crippen LogP contribution in [0.3, 0.4) is 0 Å². The lowest BCUT2D eigenvalue weighted by molar-refractivity contribution is -0.118. The molecule has 1 aliphatic carbocycles. The second-order valence-electron chi connectivity index (χ2n) is 6.01. The third kappa shape index (κ3) is 3.55. The zero-order valence-electron chi connectivity index (χ0n) is 13.8. The van der Waals surface area contributed by atoms with Crippen molar-refractivity contribution in [3.8, 4) is 5.75 Å². The van der Waals surface area contributed by atoms with E-state index in [0.717, 1.165) is 12.8 Å². The van der Waals surface area contributed by atoms with Crippen molar-refractivity contribution in [2.75, 3.05) is 12.4 Å². The zero-order valence-corrected chi connectivity index (χ0v) is 14.6. The molecule has 24 heavy (non-hydrogen) atoms. The number of fused-ring (bicyclic) bond motifs is 1. The van der Waals surface area contributed by atoms with E-state index in [1.54, 1.807) is 25.3 Å². The molecule has 0 radical (unpaired) electrons. The Kier molecular flexibility index (Phi) is 5.07. The van der Waals surface area contributed by atoms with E-state index in [1.165, 1.54) is 11.1 Å². The van der Waals surface area contributed by atoms with Gasteiger partial charge in [0.1, 0.15) is 5.75 Å². The van der Waals surface area contributed by atoms with Crippen LogP contribution in [0, 0.1) is 0 Å². The number of nitrogens with one attached hydrogen (secondary N) is 2. The topological polar surface area (TPSA) is 50.4 Å². The maximum Gasteiger partial charge on any atom is 0.241 e. The van der Waals surface area contributed by atoms with Crippen molar-refractivity contribution < 1.29 is 9.53 Å². The minimum Gasteiger partial charge on any atom is -0.495 e.